The average molecular weight is 254 g/mol. The Labute approximate surface area is 105 Å². The molecule has 1 atom stereocenters. The van der Waals surface area contributed by atoms with E-state index < -0.39 is 23.3 Å². The number of rotatable bonds is 4. The van der Waals surface area contributed by atoms with Crippen LogP contribution in [0.2, 0.25) is 0 Å². The lowest BCUT2D eigenvalue weighted by Crippen LogP contribution is -2.49. The molecule has 3 N–H and O–H groups in total. The quantitative estimate of drug-likeness (QED) is 0.729. The van der Waals surface area contributed by atoms with E-state index in [9.17, 15) is 9.59 Å². The zero-order valence-corrected chi connectivity index (χ0v) is 10.9. The van der Waals surface area contributed by atoms with E-state index in [0.717, 1.165) is 0 Å². The zero-order valence-electron chi connectivity index (χ0n) is 10.9. The maximum absolute atomic E-state index is 11.8. The second-order valence-corrected chi connectivity index (χ2v) is 5.07. The highest BCUT2D eigenvalue weighted by Crippen LogP contribution is 2.19. The molecule has 0 aliphatic heterocycles. The van der Waals surface area contributed by atoms with E-state index in [4.69, 9.17) is 5.11 Å². The SMILES string of the molecule is CCc1nc(C(=O)NC(C(=O)O)C(C)(C)C)n[nH]1. The summed E-state index contributed by atoms with van der Waals surface area (Å²) in [7, 11) is 0. The van der Waals surface area contributed by atoms with Gasteiger partial charge in [0.2, 0.25) is 5.82 Å². The van der Waals surface area contributed by atoms with Crippen LogP contribution in [0.3, 0.4) is 0 Å². The molecule has 1 amide bonds. The summed E-state index contributed by atoms with van der Waals surface area (Å²) in [5, 5.41) is 17.9. The molecule has 7 nitrogen and oxygen atoms in total. The molecule has 1 heterocycles. The standard InChI is InChI=1S/C11H18N4O3/c1-5-6-12-8(15-14-6)9(16)13-7(10(17)18)11(2,3)4/h7H,5H2,1-4H3,(H,13,16)(H,17,18)(H,12,14,15). The third-order valence-electron chi connectivity index (χ3n) is 2.46. The van der Waals surface area contributed by atoms with Gasteiger partial charge in [-0.1, -0.05) is 27.7 Å². The summed E-state index contributed by atoms with van der Waals surface area (Å²) in [6.07, 6.45) is 0.627. The largest absolute Gasteiger partial charge is 0.480 e. The van der Waals surface area contributed by atoms with Crippen LogP contribution in [-0.4, -0.2) is 38.2 Å². The van der Waals surface area contributed by atoms with Gasteiger partial charge >= 0.3 is 5.97 Å². The van der Waals surface area contributed by atoms with Gasteiger partial charge in [-0.2, -0.15) is 0 Å². The molecule has 7 heteroatoms. The molecule has 1 aromatic heterocycles. The van der Waals surface area contributed by atoms with Crippen LogP contribution in [0, 0.1) is 5.41 Å². The van der Waals surface area contributed by atoms with Crippen molar-refractivity contribution < 1.29 is 14.7 Å². The van der Waals surface area contributed by atoms with Gasteiger partial charge in [0.15, 0.2) is 0 Å². The second-order valence-electron chi connectivity index (χ2n) is 5.07. The number of aromatic nitrogens is 3. The molecule has 0 spiro atoms. The van der Waals surface area contributed by atoms with E-state index in [-0.39, 0.29) is 5.82 Å². The first-order valence-electron chi connectivity index (χ1n) is 5.70. The number of nitrogens with one attached hydrogen (secondary N) is 2. The van der Waals surface area contributed by atoms with Crippen LogP contribution in [-0.2, 0) is 11.2 Å². The van der Waals surface area contributed by atoms with Crippen LogP contribution in [0.15, 0.2) is 0 Å². The van der Waals surface area contributed by atoms with Gasteiger partial charge in [0, 0.05) is 6.42 Å². The number of hydrogen-bond donors (Lipinski definition) is 3. The maximum atomic E-state index is 11.8. The summed E-state index contributed by atoms with van der Waals surface area (Å²) in [5.41, 5.74) is -0.592. The number of aliphatic carboxylic acids is 1. The van der Waals surface area contributed by atoms with Crippen molar-refractivity contribution in [3.05, 3.63) is 11.6 Å². The van der Waals surface area contributed by atoms with Gasteiger partial charge in [-0.05, 0) is 5.41 Å². The Morgan fingerprint density at radius 1 is 1.44 bits per heavy atom. The summed E-state index contributed by atoms with van der Waals surface area (Å²) in [4.78, 5) is 26.9. The van der Waals surface area contributed by atoms with Crippen LogP contribution >= 0.6 is 0 Å². The summed E-state index contributed by atoms with van der Waals surface area (Å²) in [6.45, 7) is 7.09. The summed E-state index contributed by atoms with van der Waals surface area (Å²) < 4.78 is 0. The predicted octanol–water partition coefficient (Wildman–Crippen LogP) is 0.596. The Morgan fingerprint density at radius 2 is 2.06 bits per heavy atom. The smallest absolute Gasteiger partial charge is 0.326 e. The van der Waals surface area contributed by atoms with Gasteiger partial charge in [0.05, 0.1) is 0 Å². The Bertz CT molecular complexity index is 447. The molecule has 100 valence electrons. The van der Waals surface area contributed by atoms with Gasteiger partial charge in [-0.15, -0.1) is 5.10 Å². The Hall–Kier alpha value is -1.92. The molecule has 0 bridgehead atoms. The van der Waals surface area contributed by atoms with Gasteiger partial charge < -0.3 is 10.4 Å². The number of amides is 1. The summed E-state index contributed by atoms with van der Waals surface area (Å²) >= 11 is 0. The predicted molar refractivity (Wildman–Crippen MR) is 64.1 cm³/mol. The van der Waals surface area contributed by atoms with E-state index in [1.165, 1.54) is 0 Å². The van der Waals surface area contributed by atoms with E-state index in [0.29, 0.717) is 12.2 Å². The molecule has 0 radical (unpaired) electrons. The van der Waals surface area contributed by atoms with Crippen molar-refractivity contribution in [3.8, 4) is 0 Å². The topological polar surface area (TPSA) is 108 Å². The van der Waals surface area contributed by atoms with Crippen molar-refractivity contribution in [1.29, 1.82) is 0 Å². The van der Waals surface area contributed by atoms with Crippen molar-refractivity contribution in [3.63, 3.8) is 0 Å². The maximum Gasteiger partial charge on any atom is 0.326 e. The van der Waals surface area contributed by atoms with Crippen LogP contribution in [0.5, 0.6) is 0 Å². The highest BCUT2D eigenvalue weighted by Gasteiger charge is 2.33. The molecule has 0 aliphatic carbocycles. The Kier molecular flexibility index (Phi) is 4.05. The van der Waals surface area contributed by atoms with Gasteiger partial charge in [0.25, 0.3) is 5.91 Å². The summed E-state index contributed by atoms with van der Waals surface area (Å²) in [5.74, 6) is -1.12. The first-order chi connectivity index (χ1) is 8.25. The highest BCUT2D eigenvalue weighted by atomic mass is 16.4. The van der Waals surface area contributed by atoms with E-state index in [1.54, 1.807) is 20.8 Å². The van der Waals surface area contributed by atoms with Crippen molar-refractivity contribution in [1.82, 2.24) is 20.5 Å². The third kappa shape index (κ3) is 3.28. The van der Waals surface area contributed by atoms with E-state index in [1.807, 2.05) is 6.92 Å². The van der Waals surface area contributed by atoms with E-state index in [2.05, 4.69) is 20.5 Å². The number of carbonyl (C=O) groups is 2. The molecular formula is C11H18N4O3. The monoisotopic (exact) mass is 254 g/mol. The lowest BCUT2D eigenvalue weighted by Gasteiger charge is -2.27. The number of H-pyrrole nitrogens is 1. The fraction of sp³-hybridized carbons (Fsp3) is 0.636. The van der Waals surface area contributed by atoms with Crippen molar-refractivity contribution >= 4 is 11.9 Å². The molecule has 1 unspecified atom stereocenters. The molecule has 0 aromatic carbocycles. The van der Waals surface area contributed by atoms with Crippen LogP contribution < -0.4 is 5.32 Å². The molecule has 1 aromatic rings. The van der Waals surface area contributed by atoms with Crippen LogP contribution in [0.1, 0.15) is 44.1 Å². The molecule has 0 saturated heterocycles. The van der Waals surface area contributed by atoms with Crippen LogP contribution in [0.25, 0.3) is 0 Å². The molecule has 1 rings (SSSR count). The zero-order chi connectivity index (χ0) is 13.9. The Balaban J connectivity index is 2.82. The van der Waals surface area contributed by atoms with Gasteiger partial charge in [-0.25, -0.2) is 9.78 Å². The van der Waals surface area contributed by atoms with Crippen LogP contribution in [0.4, 0.5) is 0 Å². The lowest BCUT2D eigenvalue weighted by atomic mass is 9.87. The fourth-order valence-corrected chi connectivity index (χ4v) is 1.40. The minimum atomic E-state index is -1.08. The van der Waals surface area contributed by atoms with Crippen molar-refractivity contribution in [2.24, 2.45) is 5.41 Å². The number of carbonyl (C=O) groups excluding carboxylic acids is 1. The Morgan fingerprint density at radius 3 is 2.44 bits per heavy atom. The molecular weight excluding hydrogens is 236 g/mol. The number of aromatic amines is 1. The normalized spacial score (nSPS) is 13.1. The van der Waals surface area contributed by atoms with Gasteiger partial charge in [0.1, 0.15) is 11.9 Å². The van der Waals surface area contributed by atoms with Crippen molar-refractivity contribution in [2.45, 2.75) is 40.2 Å². The average Bonchev–Trinajstić information content (AvgIpc) is 2.71. The number of hydrogen-bond acceptors (Lipinski definition) is 4. The number of aryl methyl sites for hydroxylation is 1. The lowest BCUT2D eigenvalue weighted by molar-refractivity contribution is -0.142. The minimum absolute atomic E-state index is 0.0395. The first-order valence-corrected chi connectivity index (χ1v) is 5.70. The number of carboxylic acid groups (broad SMARTS) is 1. The molecule has 0 fully saturated rings. The van der Waals surface area contributed by atoms with Gasteiger partial charge in [-0.3, -0.25) is 9.89 Å². The highest BCUT2D eigenvalue weighted by molar-refractivity contribution is 5.93. The fourth-order valence-electron chi connectivity index (χ4n) is 1.40. The second kappa shape index (κ2) is 5.16. The number of nitrogens with zero attached hydrogens (tertiary/aromatic N) is 2. The molecule has 0 aliphatic rings. The first kappa shape index (κ1) is 14.1. The molecule has 0 saturated carbocycles. The van der Waals surface area contributed by atoms with Crippen molar-refractivity contribution in [2.75, 3.05) is 0 Å². The summed E-state index contributed by atoms with van der Waals surface area (Å²) in [6, 6.07) is -0.992. The third-order valence-corrected chi connectivity index (χ3v) is 2.46. The number of carboxylic acids is 1. The minimum Gasteiger partial charge on any atom is -0.480 e. The van der Waals surface area contributed by atoms with E-state index >= 15 is 0 Å². The molecule has 18 heavy (non-hydrogen) atoms.